The standard InChI is InChI=1S/C69H129NO5/c1-3-5-7-9-11-13-15-17-18-19-20-21-25-28-31-34-38-41-45-49-53-57-61-67(72)66(65-71)70-68(73)62-58-54-50-46-42-39-35-32-29-26-23-22-24-27-30-33-36-40-44-48-52-56-60-64-75-69(74)63-59-55-51-47-43-37-16-14-12-10-8-6-4-2/h8,10,14,16,22,24,26,29,66-67,71-72H,3-7,9,11-13,15,17-21,23,25,27-28,30-65H2,1-2H3,(H,70,73)/b10-8-,16-14-,24-22-,29-26-. The summed E-state index contributed by atoms with van der Waals surface area (Å²) in [5.41, 5.74) is 0. The molecule has 0 bridgehead atoms. The summed E-state index contributed by atoms with van der Waals surface area (Å²) < 4.78 is 5.46. The smallest absolute Gasteiger partial charge is 0.305 e. The van der Waals surface area contributed by atoms with Gasteiger partial charge in [-0.15, -0.1) is 0 Å². The van der Waals surface area contributed by atoms with E-state index < -0.39 is 12.1 Å². The third-order valence-electron chi connectivity index (χ3n) is 15.3. The van der Waals surface area contributed by atoms with Gasteiger partial charge in [0.05, 0.1) is 25.4 Å². The normalized spacial score (nSPS) is 12.9. The van der Waals surface area contributed by atoms with Crippen LogP contribution in [0.2, 0.25) is 0 Å². The highest BCUT2D eigenvalue weighted by atomic mass is 16.5. The second kappa shape index (κ2) is 64.3. The molecule has 2 atom stereocenters. The van der Waals surface area contributed by atoms with E-state index in [1.807, 2.05) is 0 Å². The maximum absolute atomic E-state index is 12.5. The van der Waals surface area contributed by atoms with Crippen molar-refractivity contribution in [3.8, 4) is 0 Å². The summed E-state index contributed by atoms with van der Waals surface area (Å²) in [6.07, 6.45) is 82.8. The lowest BCUT2D eigenvalue weighted by atomic mass is 10.0. The van der Waals surface area contributed by atoms with Gasteiger partial charge in [-0.05, 0) is 83.5 Å². The maximum Gasteiger partial charge on any atom is 0.305 e. The predicted octanol–water partition coefficient (Wildman–Crippen LogP) is 21.3. The van der Waals surface area contributed by atoms with Crippen molar-refractivity contribution in [1.29, 1.82) is 0 Å². The van der Waals surface area contributed by atoms with Crippen molar-refractivity contribution in [1.82, 2.24) is 5.32 Å². The Balaban J connectivity index is 3.46. The van der Waals surface area contributed by atoms with E-state index in [9.17, 15) is 19.8 Å². The third kappa shape index (κ3) is 60.9. The van der Waals surface area contributed by atoms with Crippen LogP contribution in [0.15, 0.2) is 48.6 Å². The van der Waals surface area contributed by atoms with Crippen molar-refractivity contribution in [2.75, 3.05) is 13.2 Å². The first-order valence-corrected chi connectivity index (χ1v) is 33.4. The van der Waals surface area contributed by atoms with Gasteiger partial charge in [0.2, 0.25) is 5.91 Å². The van der Waals surface area contributed by atoms with E-state index in [4.69, 9.17) is 4.74 Å². The maximum atomic E-state index is 12.5. The number of carbonyl (C=O) groups is 2. The Morgan fingerprint density at radius 3 is 1.07 bits per heavy atom. The van der Waals surface area contributed by atoms with Crippen LogP contribution in [-0.4, -0.2) is 47.4 Å². The highest BCUT2D eigenvalue weighted by Crippen LogP contribution is 2.18. The molecule has 0 aliphatic heterocycles. The lowest BCUT2D eigenvalue weighted by molar-refractivity contribution is -0.143. The van der Waals surface area contributed by atoms with Crippen LogP contribution in [0.4, 0.5) is 0 Å². The molecule has 0 saturated carbocycles. The molecule has 0 radical (unpaired) electrons. The molecule has 0 aromatic rings. The molecule has 440 valence electrons. The zero-order chi connectivity index (χ0) is 54.3. The SMILES string of the molecule is CCC/C=C\C/C=C\CCCCCCCC(=O)OCCCCCCCCCCC/C=C\C/C=C\CCCCCCCCCC(=O)NC(CO)C(O)CCCCCCCCCCCCCCCCCCCCCCCC. The van der Waals surface area contributed by atoms with Crippen LogP contribution in [0.25, 0.3) is 0 Å². The van der Waals surface area contributed by atoms with Gasteiger partial charge in [-0.25, -0.2) is 0 Å². The van der Waals surface area contributed by atoms with Crippen molar-refractivity contribution >= 4 is 11.9 Å². The summed E-state index contributed by atoms with van der Waals surface area (Å²) in [7, 11) is 0. The average Bonchev–Trinajstić information content (AvgIpc) is 3.41. The number of unbranched alkanes of at least 4 members (excludes halogenated alkanes) is 43. The van der Waals surface area contributed by atoms with Gasteiger partial charge in [0.15, 0.2) is 0 Å². The first kappa shape index (κ1) is 72.8. The van der Waals surface area contributed by atoms with Gasteiger partial charge in [0, 0.05) is 12.8 Å². The summed E-state index contributed by atoms with van der Waals surface area (Å²) in [5, 5.41) is 23.4. The number of aliphatic hydroxyl groups excluding tert-OH is 2. The molecule has 6 nitrogen and oxygen atoms in total. The van der Waals surface area contributed by atoms with E-state index in [2.05, 4.69) is 67.8 Å². The van der Waals surface area contributed by atoms with Crippen LogP contribution in [0.1, 0.15) is 354 Å². The molecule has 2 unspecified atom stereocenters. The van der Waals surface area contributed by atoms with Crippen LogP contribution in [-0.2, 0) is 14.3 Å². The highest BCUT2D eigenvalue weighted by molar-refractivity contribution is 5.76. The first-order chi connectivity index (χ1) is 37.0. The monoisotopic (exact) mass is 1050 g/mol. The van der Waals surface area contributed by atoms with Crippen LogP contribution in [0.3, 0.4) is 0 Å². The quantitative estimate of drug-likeness (QED) is 0.0320. The van der Waals surface area contributed by atoms with E-state index in [-0.39, 0.29) is 18.5 Å². The minimum atomic E-state index is -0.673. The number of aliphatic hydroxyl groups is 2. The summed E-state index contributed by atoms with van der Waals surface area (Å²) in [6.45, 7) is 4.90. The Hall–Kier alpha value is -2.18. The van der Waals surface area contributed by atoms with Crippen LogP contribution < -0.4 is 5.32 Å². The molecule has 0 heterocycles. The van der Waals surface area contributed by atoms with Crippen molar-refractivity contribution < 1.29 is 24.5 Å². The lowest BCUT2D eigenvalue weighted by Crippen LogP contribution is -2.45. The number of carbonyl (C=O) groups excluding carboxylic acids is 2. The fraction of sp³-hybridized carbons (Fsp3) is 0.855. The zero-order valence-electron chi connectivity index (χ0n) is 50.3. The van der Waals surface area contributed by atoms with Crippen LogP contribution >= 0.6 is 0 Å². The fourth-order valence-corrected chi connectivity index (χ4v) is 10.2. The van der Waals surface area contributed by atoms with E-state index in [1.54, 1.807) is 0 Å². The minimum absolute atomic E-state index is 0.00823. The number of allylic oxidation sites excluding steroid dienone is 8. The van der Waals surface area contributed by atoms with Crippen molar-refractivity contribution in [3.05, 3.63) is 48.6 Å². The number of hydrogen-bond acceptors (Lipinski definition) is 5. The lowest BCUT2D eigenvalue weighted by Gasteiger charge is -2.22. The molecule has 0 spiro atoms. The number of esters is 1. The molecular weight excluding hydrogens is 923 g/mol. The summed E-state index contributed by atoms with van der Waals surface area (Å²) in [6, 6.07) is -0.551. The number of ether oxygens (including phenoxy) is 1. The molecule has 0 saturated heterocycles. The van der Waals surface area contributed by atoms with E-state index in [0.717, 1.165) is 64.2 Å². The molecular formula is C69H129NO5. The van der Waals surface area contributed by atoms with Crippen molar-refractivity contribution in [3.63, 3.8) is 0 Å². The van der Waals surface area contributed by atoms with Crippen LogP contribution in [0.5, 0.6) is 0 Å². The molecule has 0 aromatic carbocycles. The first-order valence-electron chi connectivity index (χ1n) is 33.4. The third-order valence-corrected chi connectivity index (χ3v) is 15.3. The highest BCUT2D eigenvalue weighted by Gasteiger charge is 2.20. The Morgan fingerprint density at radius 1 is 0.373 bits per heavy atom. The molecule has 3 N–H and O–H groups in total. The van der Waals surface area contributed by atoms with Gasteiger partial charge in [0.1, 0.15) is 0 Å². The van der Waals surface area contributed by atoms with Gasteiger partial charge in [0.25, 0.3) is 0 Å². The van der Waals surface area contributed by atoms with Crippen molar-refractivity contribution in [2.45, 2.75) is 366 Å². The van der Waals surface area contributed by atoms with Gasteiger partial charge in [-0.2, -0.15) is 0 Å². The largest absolute Gasteiger partial charge is 0.466 e. The zero-order valence-corrected chi connectivity index (χ0v) is 50.3. The molecule has 0 rings (SSSR count). The molecule has 0 aliphatic rings. The Morgan fingerprint density at radius 2 is 0.693 bits per heavy atom. The second-order valence-corrected chi connectivity index (χ2v) is 22.8. The second-order valence-electron chi connectivity index (χ2n) is 22.8. The molecule has 75 heavy (non-hydrogen) atoms. The Kier molecular flexibility index (Phi) is 62.5. The predicted molar refractivity (Wildman–Crippen MR) is 329 cm³/mol. The van der Waals surface area contributed by atoms with Gasteiger partial charge >= 0.3 is 5.97 Å². The van der Waals surface area contributed by atoms with E-state index in [1.165, 1.54) is 257 Å². The van der Waals surface area contributed by atoms with Crippen molar-refractivity contribution in [2.24, 2.45) is 0 Å². The van der Waals surface area contributed by atoms with Gasteiger partial charge in [-0.1, -0.05) is 306 Å². The van der Waals surface area contributed by atoms with Crippen LogP contribution in [0, 0.1) is 0 Å². The molecule has 0 aromatic heterocycles. The fourth-order valence-electron chi connectivity index (χ4n) is 10.2. The average molecular weight is 1050 g/mol. The number of rotatable bonds is 62. The summed E-state index contributed by atoms with van der Waals surface area (Å²) in [5.74, 6) is -0.0509. The Bertz CT molecular complexity index is 1260. The number of nitrogens with one attached hydrogen (secondary N) is 1. The molecule has 1 amide bonds. The summed E-state index contributed by atoms with van der Waals surface area (Å²) >= 11 is 0. The van der Waals surface area contributed by atoms with Gasteiger partial charge < -0.3 is 20.3 Å². The van der Waals surface area contributed by atoms with E-state index >= 15 is 0 Å². The number of amides is 1. The molecule has 6 heteroatoms. The molecule has 0 fully saturated rings. The minimum Gasteiger partial charge on any atom is -0.466 e. The van der Waals surface area contributed by atoms with Gasteiger partial charge in [-0.3, -0.25) is 9.59 Å². The van der Waals surface area contributed by atoms with E-state index in [0.29, 0.717) is 25.9 Å². The summed E-state index contributed by atoms with van der Waals surface area (Å²) in [4.78, 5) is 24.6. The topological polar surface area (TPSA) is 95.9 Å². The molecule has 0 aliphatic carbocycles. The Labute approximate surface area is 467 Å². The number of hydrogen-bond donors (Lipinski definition) is 3.